The molecular weight excluding hydrogens is 364 g/mol. The van der Waals surface area contributed by atoms with E-state index in [-0.39, 0.29) is 18.0 Å². The molecule has 1 N–H and O–H groups in total. The van der Waals surface area contributed by atoms with Crippen LogP contribution in [0.15, 0.2) is 65.3 Å². The lowest BCUT2D eigenvalue weighted by Crippen LogP contribution is -2.44. The minimum absolute atomic E-state index is 0.00171. The van der Waals surface area contributed by atoms with Crippen molar-refractivity contribution in [2.24, 2.45) is 0 Å². The van der Waals surface area contributed by atoms with Gasteiger partial charge in [-0.05, 0) is 44.0 Å². The summed E-state index contributed by atoms with van der Waals surface area (Å²) in [7, 11) is 0. The molecule has 6 nitrogen and oxygen atoms in total. The number of carbonyl (C=O) groups is 1. The molecule has 1 aliphatic heterocycles. The topological polar surface area (TPSA) is 71.3 Å². The molecule has 0 bridgehead atoms. The van der Waals surface area contributed by atoms with E-state index in [0.29, 0.717) is 0 Å². The number of rotatable bonds is 4. The number of anilines is 1. The van der Waals surface area contributed by atoms with Crippen LogP contribution in [0, 0.1) is 0 Å². The van der Waals surface area contributed by atoms with Gasteiger partial charge in [0.1, 0.15) is 29.5 Å². The van der Waals surface area contributed by atoms with Crippen LogP contribution in [0.5, 0.6) is 0 Å². The molecule has 1 aliphatic rings. The summed E-state index contributed by atoms with van der Waals surface area (Å²) in [5.41, 5.74) is 1.72. The molecule has 2 aromatic heterocycles. The zero-order chi connectivity index (χ0) is 19.8. The highest BCUT2D eigenvalue weighted by molar-refractivity contribution is 5.93. The maximum Gasteiger partial charge on any atom is 0.243 e. The summed E-state index contributed by atoms with van der Waals surface area (Å²) in [5, 5.41) is 5.14. The van der Waals surface area contributed by atoms with Gasteiger partial charge in [-0.3, -0.25) is 4.79 Å². The highest BCUT2D eigenvalue weighted by atomic mass is 16.3. The number of nitrogens with zero attached hydrogens (tertiary/aromatic N) is 3. The SMILES string of the molecule is CC(NC(=O)C1CCCN1c1ncnc2ccccc12)c1cc2ccccc2o1. The van der Waals surface area contributed by atoms with Gasteiger partial charge in [-0.2, -0.15) is 0 Å². The maximum atomic E-state index is 13.1. The Hall–Kier alpha value is -3.41. The Kier molecular flexibility index (Phi) is 4.39. The van der Waals surface area contributed by atoms with Gasteiger partial charge in [-0.25, -0.2) is 9.97 Å². The van der Waals surface area contributed by atoms with E-state index in [1.165, 1.54) is 0 Å². The minimum atomic E-state index is -0.250. The second-order valence-electron chi connectivity index (χ2n) is 7.48. The van der Waals surface area contributed by atoms with E-state index in [2.05, 4.69) is 20.2 Å². The first-order valence-corrected chi connectivity index (χ1v) is 9.96. The molecule has 6 heteroatoms. The van der Waals surface area contributed by atoms with Crippen molar-refractivity contribution >= 4 is 33.6 Å². The van der Waals surface area contributed by atoms with Gasteiger partial charge in [0.2, 0.25) is 5.91 Å². The van der Waals surface area contributed by atoms with E-state index in [4.69, 9.17) is 4.42 Å². The maximum absolute atomic E-state index is 13.1. The third kappa shape index (κ3) is 3.20. The molecule has 0 saturated carbocycles. The van der Waals surface area contributed by atoms with Crippen molar-refractivity contribution in [3.63, 3.8) is 0 Å². The lowest BCUT2D eigenvalue weighted by Gasteiger charge is -2.26. The van der Waals surface area contributed by atoms with Gasteiger partial charge in [0.15, 0.2) is 0 Å². The number of hydrogen-bond donors (Lipinski definition) is 1. The molecule has 1 saturated heterocycles. The summed E-state index contributed by atoms with van der Waals surface area (Å²) in [5.74, 6) is 1.58. The van der Waals surface area contributed by atoms with E-state index in [9.17, 15) is 4.79 Å². The summed E-state index contributed by atoms with van der Waals surface area (Å²) in [6.45, 7) is 2.76. The first-order chi connectivity index (χ1) is 14.2. The van der Waals surface area contributed by atoms with Crippen LogP contribution in [0.4, 0.5) is 5.82 Å². The fourth-order valence-electron chi connectivity index (χ4n) is 4.11. The van der Waals surface area contributed by atoms with Gasteiger partial charge in [0, 0.05) is 17.3 Å². The molecule has 3 heterocycles. The van der Waals surface area contributed by atoms with Crippen molar-refractivity contribution in [2.75, 3.05) is 11.4 Å². The predicted molar refractivity (Wildman–Crippen MR) is 113 cm³/mol. The van der Waals surface area contributed by atoms with Crippen LogP contribution < -0.4 is 10.2 Å². The number of hydrogen-bond acceptors (Lipinski definition) is 5. The van der Waals surface area contributed by atoms with Crippen LogP contribution in [0.1, 0.15) is 31.6 Å². The predicted octanol–water partition coefficient (Wildman–Crippen LogP) is 4.22. The molecule has 2 unspecified atom stereocenters. The molecule has 146 valence electrons. The Labute approximate surface area is 168 Å². The Balaban J connectivity index is 1.38. The third-order valence-corrected chi connectivity index (χ3v) is 5.58. The smallest absolute Gasteiger partial charge is 0.243 e. The third-order valence-electron chi connectivity index (χ3n) is 5.58. The second kappa shape index (κ2) is 7.20. The highest BCUT2D eigenvalue weighted by Crippen LogP contribution is 2.30. The van der Waals surface area contributed by atoms with Crippen LogP contribution >= 0.6 is 0 Å². The molecule has 5 rings (SSSR count). The standard InChI is InChI=1S/C23H22N4O2/c1-15(21-13-16-7-2-5-11-20(16)29-21)26-23(28)19-10-6-12-27(19)22-17-8-3-4-9-18(17)24-14-25-22/h2-5,7-9,11,13-15,19H,6,10,12H2,1H3,(H,26,28). The summed E-state index contributed by atoms with van der Waals surface area (Å²) in [6.07, 6.45) is 3.33. The van der Waals surface area contributed by atoms with E-state index in [1.807, 2.05) is 61.5 Å². The van der Waals surface area contributed by atoms with E-state index in [0.717, 1.165) is 52.8 Å². The van der Waals surface area contributed by atoms with Gasteiger partial charge >= 0.3 is 0 Å². The van der Waals surface area contributed by atoms with Gasteiger partial charge in [-0.1, -0.05) is 30.3 Å². The molecular formula is C23H22N4O2. The van der Waals surface area contributed by atoms with Crippen molar-refractivity contribution in [2.45, 2.75) is 31.8 Å². The number of amides is 1. The average Bonchev–Trinajstić information content (AvgIpc) is 3.40. The first-order valence-electron chi connectivity index (χ1n) is 9.96. The summed E-state index contributed by atoms with van der Waals surface area (Å²) < 4.78 is 5.91. The molecule has 0 aliphatic carbocycles. The van der Waals surface area contributed by atoms with Crippen LogP contribution in [0.25, 0.3) is 21.9 Å². The van der Waals surface area contributed by atoms with Crippen LogP contribution in [-0.2, 0) is 4.79 Å². The molecule has 1 fully saturated rings. The number of nitrogens with one attached hydrogen (secondary N) is 1. The Morgan fingerprint density at radius 2 is 2.00 bits per heavy atom. The van der Waals surface area contributed by atoms with Crippen LogP contribution in [0.3, 0.4) is 0 Å². The summed E-state index contributed by atoms with van der Waals surface area (Å²) in [6, 6.07) is 17.3. The fourth-order valence-corrected chi connectivity index (χ4v) is 4.11. The Morgan fingerprint density at radius 3 is 2.90 bits per heavy atom. The van der Waals surface area contributed by atoms with Gasteiger partial charge in [0.05, 0.1) is 11.6 Å². The van der Waals surface area contributed by atoms with Crippen molar-refractivity contribution in [3.05, 3.63) is 66.7 Å². The Bertz CT molecular complexity index is 1150. The molecule has 4 aromatic rings. The molecule has 0 radical (unpaired) electrons. The quantitative estimate of drug-likeness (QED) is 0.568. The number of carbonyl (C=O) groups excluding carboxylic acids is 1. The zero-order valence-electron chi connectivity index (χ0n) is 16.2. The fraction of sp³-hybridized carbons (Fsp3) is 0.261. The van der Waals surface area contributed by atoms with Gasteiger partial charge in [-0.15, -0.1) is 0 Å². The minimum Gasteiger partial charge on any atom is -0.459 e. The lowest BCUT2D eigenvalue weighted by molar-refractivity contribution is -0.123. The molecule has 2 aromatic carbocycles. The summed E-state index contributed by atoms with van der Waals surface area (Å²) in [4.78, 5) is 24.1. The van der Waals surface area contributed by atoms with Crippen molar-refractivity contribution in [1.29, 1.82) is 0 Å². The Morgan fingerprint density at radius 1 is 1.17 bits per heavy atom. The normalized spacial score (nSPS) is 17.7. The van der Waals surface area contributed by atoms with Crippen molar-refractivity contribution < 1.29 is 9.21 Å². The first kappa shape index (κ1) is 17.7. The number of benzene rings is 2. The summed E-state index contributed by atoms with van der Waals surface area (Å²) >= 11 is 0. The number of aromatic nitrogens is 2. The molecule has 1 amide bonds. The number of para-hydroxylation sites is 2. The molecule has 0 spiro atoms. The van der Waals surface area contributed by atoms with E-state index in [1.54, 1.807) is 6.33 Å². The average molecular weight is 386 g/mol. The second-order valence-corrected chi connectivity index (χ2v) is 7.48. The van der Waals surface area contributed by atoms with Gasteiger partial charge < -0.3 is 14.6 Å². The highest BCUT2D eigenvalue weighted by Gasteiger charge is 2.33. The van der Waals surface area contributed by atoms with Crippen molar-refractivity contribution in [1.82, 2.24) is 15.3 Å². The number of furan rings is 1. The van der Waals surface area contributed by atoms with Crippen molar-refractivity contribution in [3.8, 4) is 0 Å². The molecule has 29 heavy (non-hydrogen) atoms. The monoisotopic (exact) mass is 386 g/mol. The molecule has 2 atom stereocenters. The van der Waals surface area contributed by atoms with Crippen LogP contribution in [0.2, 0.25) is 0 Å². The van der Waals surface area contributed by atoms with Gasteiger partial charge in [0.25, 0.3) is 0 Å². The van der Waals surface area contributed by atoms with E-state index >= 15 is 0 Å². The largest absolute Gasteiger partial charge is 0.459 e. The van der Waals surface area contributed by atoms with E-state index < -0.39 is 0 Å². The number of fused-ring (bicyclic) bond motifs is 2. The lowest BCUT2D eigenvalue weighted by atomic mass is 10.1. The van der Waals surface area contributed by atoms with Crippen LogP contribution in [-0.4, -0.2) is 28.5 Å². The zero-order valence-corrected chi connectivity index (χ0v) is 16.2.